The van der Waals surface area contributed by atoms with Gasteiger partial charge in [-0.2, -0.15) is 0 Å². The fourth-order valence-electron chi connectivity index (χ4n) is 4.01. The van der Waals surface area contributed by atoms with Crippen LogP contribution in [0.3, 0.4) is 0 Å². The Bertz CT molecular complexity index is 879. The highest BCUT2D eigenvalue weighted by atomic mass is 16.5. The fraction of sp³-hybridized carbons (Fsp3) is 0.364. The number of hydrogen-bond acceptors (Lipinski definition) is 4. The van der Waals surface area contributed by atoms with Crippen LogP contribution in [-0.4, -0.2) is 25.0 Å². The third-order valence-corrected chi connectivity index (χ3v) is 5.41. The number of nitrogen functional groups attached to an aromatic ring is 1. The van der Waals surface area contributed by atoms with Crippen molar-refractivity contribution in [1.82, 2.24) is 5.32 Å². The van der Waals surface area contributed by atoms with Crippen LogP contribution in [0.5, 0.6) is 5.75 Å². The second kappa shape index (κ2) is 7.92. The number of nitrogens with two attached hydrogens (primary N) is 1. The number of anilines is 2. The Hall–Kier alpha value is -3.02. The van der Waals surface area contributed by atoms with Gasteiger partial charge in [0, 0.05) is 24.3 Å². The van der Waals surface area contributed by atoms with E-state index in [1.807, 2.05) is 30.3 Å². The zero-order chi connectivity index (χ0) is 19.5. The van der Waals surface area contributed by atoms with E-state index in [0.717, 1.165) is 49.2 Å². The van der Waals surface area contributed by atoms with E-state index in [1.165, 1.54) is 5.56 Å². The van der Waals surface area contributed by atoms with Crippen molar-refractivity contribution in [2.75, 3.05) is 23.8 Å². The molecule has 0 saturated carbocycles. The number of aryl methyl sites for hydroxylation is 1. The zero-order valence-electron chi connectivity index (χ0n) is 15.8. The highest BCUT2D eigenvalue weighted by Gasteiger charge is 2.23. The summed E-state index contributed by atoms with van der Waals surface area (Å²) in [6.45, 7) is 0.721. The molecule has 3 N–H and O–H groups in total. The van der Waals surface area contributed by atoms with Crippen molar-refractivity contribution < 1.29 is 14.3 Å². The van der Waals surface area contributed by atoms with Gasteiger partial charge in [-0.05, 0) is 73.2 Å². The number of ether oxygens (including phenoxy) is 1. The minimum absolute atomic E-state index is 0.00371. The van der Waals surface area contributed by atoms with Crippen molar-refractivity contribution in [2.24, 2.45) is 0 Å². The van der Waals surface area contributed by atoms with Gasteiger partial charge in [0.2, 0.25) is 5.91 Å². The van der Waals surface area contributed by atoms with Gasteiger partial charge in [-0.1, -0.05) is 6.07 Å². The molecule has 6 nitrogen and oxygen atoms in total. The average Bonchev–Trinajstić information content (AvgIpc) is 3.12. The number of amides is 2. The van der Waals surface area contributed by atoms with Crippen LogP contribution in [0.25, 0.3) is 0 Å². The van der Waals surface area contributed by atoms with Crippen molar-refractivity contribution in [2.45, 2.75) is 38.1 Å². The molecule has 2 aromatic carbocycles. The van der Waals surface area contributed by atoms with Crippen LogP contribution in [-0.2, 0) is 16.0 Å². The molecule has 1 unspecified atom stereocenters. The lowest BCUT2D eigenvalue weighted by molar-refractivity contribution is -0.124. The molecule has 0 aromatic heterocycles. The SMILES string of the molecule is Nc1ccc2c(c1)CCCC2NC(=O)COc1ccc(N2CCCC2=O)cc1. The van der Waals surface area contributed by atoms with Crippen LogP contribution in [0.2, 0.25) is 0 Å². The van der Waals surface area contributed by atoms with Gasteiger partial charge in [0.25, 0.3) is 5.91 Å². The predicted molar refractivity (Wildman–Crippen MR) is 108 cm³/mol. The second-order valence-electron chi connectivity index (χ2n) is 7.40. The Balaban J connectivity index is 1.32. The van der Waals surface area contributed by atoms with Crippen LogP contribution >= 0.6 is 0 Å². The summed E-state index contributed by atoms with van der Waals surface area (Å²) in [5.41, 5.74) is 9.86. The van der Waals surface area contributed by atoms with Gasteiger partial charge in [-0.3, -0.25) is 9.59 Å². The molecule has 1 saturated heterocycles. The third-order valence-electron chi connectivity index (χ3n) is 5.41. The molecule has 0 spiro atoms. The molecule has 1 fully saturated rings. The van der Waals surface area contributed by atoms with E-state index in [4.69, 9.17) is 10.5 Å². The molecule has 1 atom stereocenters. The fourth-order valence-corrected chi connectivity index (χ4v) is 4.01. The molecule has 6 heteroatoms. The van der Waals surface area contributed by atoms with Gasteiger partial charge in [0.05, 0.1) is 6.04 Å². The van der Waals surface area contributed by atoms with Crippen molar-refractivity contribution in [3.63, 3.8) is 0 Å². The molecule has 2 aliphatic rings. The molecule has 2 aromatic rings. The Morgan fingerprint density at radius 2 is 1.96 bits per heavy atom. The maximum absolute atomic E-state index is 12.4. The summed E-state index contributed by atoms with van der Waals surface area (Å²) >= 11 is 0. The molecule has 0 bridgehead atoms. The highest BCUT2D eigenvalue weighted by molar-refractivity contribution is 5.95. The first-order valence-corrected chi connectivity index (χ1v) is 9.81. The lowest BCUT2D eigenvalue weighted by Gasteiger charge is -2.26. The Labute approximate surface area is 164 Å². The number of nitrogens with one attached hydrogen (secondary N) is 1. The monoisotopic (exact) mass is 379 g/mol. The number of nitrogens with zero attached hydrogens (tertiary/aromatic N) is 1. The molecular formula is C22H25N3O3. The normalized spacial score (nSPS) is 18.6. The van der Waals surface area contributed by atoms with E-state index in [1.54, 1.807) is 17.0 Å². The maximum Gasteiger partial charge on any atom is 0.258 e. The molecular weight excluding hydrogens is 354 g/mol. The van der Waals surface area contributed by atoms with Crippen LogP contribution in [0.4, 0.5) is 11.4 Å². The Kier molecular flexibility index (Phi) is 5.19. The van der Waals surface area contributed by atoms with E-state index in [9.17, 15) is 9.59 Å². The maximum atomic E-state index is 12.4. The summed E-state index contributed by atoms with van der Waals surface area (Å²) in [6, 6.07) is 13.2. The van der Waals surface area contributed by atoms with Crippen LogP contribution in [0, 0.1) is 0 Å². The van der Waals surface area contributed by atoms with Crippen LogP contribution < -0.4 is 20.7 Å². The van der Waals surface area contributed by atoms with Gasteiger partial charge in [-0.25, -0.2) is 0 Å². The quantitative estimate of drug-likeness (QED) is 0.782. The molecule has 146 valence electrons. The largest absolute Gasteiger partial charge is 0.484 e. The minimum atomic E-state index is -0.145. The van der Waals surface area contributed by atoms with E-state index >= 15 is 0 Å². The van der Waals surface area contributed by atoms with E-state index in [2.05, 4.69) is 5.32 Å². The summed E-state index contributed by atoms with van der Waals surface area (Å²) < 4.78 is 5.63. The molecule has 1 heterocycles. The summed E-state index contributed by atoms with van der Waals surface area (Å²) in [4.78, 5) is 26.0. The number of rotatable bonds is 5. The van der Waals surface area contributed by atoms with Gasteiger partial charge in [0.1, 0.15) is 5.75 Å². The molecule has 28 heavy (non-hydrogen) atoms. The average molecular weight is 379 g/mol. The minimum Gasteiger partial charge on any atom is -0.484 e. The lowest BCUT2D eigenvalue weighted by Crippen LogP contribution is -2.34. The van der Waals surface area contributed by atoms with Crippen molar-refractivity contribution in [3.05, 3.63) is 53.6 Å². The molecule has 1 aliphatic carbocycles. The second-order valence-corrected chi connectivity index (χ2v) is 7.40. The first kappa shape index (κ1) is 18.3. The molecule has 4 rings (SSSR count). The first-order valence-electron chi connectivity index (χ1n) is 9.81. The van der Waals surface area contributed by atoms with Gasteiger partial charge < -0.3 is 20.7 Å². The van der Waals surface area contributed by atoms with E-state index in [-0.39, 0.29) is 24.5 Å². The first-order chi connectivity index (χ1) is 13.6. The van der Waals surface area contributed by atoms with E-state index < -0.39 is 0 Å². The Morgan fingerprint density at radius 3 is 2.71 bits per heavy atom. The zero-order valence-corrected chi connectivity index (χ0v) is 15.8. The topological polar surface area (TPSA) is 84.7 Å². The summed E-state index contributed by atoms with van der Waals surface area (Å²) in [5, 5.41) is 3.07. The summed E-state index contributed by atoms with van der Waals surface area (Å²) in [7, 11) is 0. The van der Waals surface area contributed by atoms with Crippen molar-refractivity contribution in [1.29, 1.82) is 0 Å². The number of carbonyl (C=O) groups excluding carboxylic acids is 2. The van der Waals surface area contributed by atoms with Gasteiger partial charge in [-0.15, -0.1) is 0 Å². The number of carbonyl (C=O) groups is 2. The molecule has 2 amide bonds. The smallest absolute Gasteiger partial charge is 0.258 e. The number of fused-ring (bicyclic) bond motifs is 1. The standard InChI is InChI=1S/C22H25N3O3/c23-16-6-11-19-15(13-16)3-1-4-20(19)24-21(26)14-28-18-9-7-17(8-10-18)25-12-2-5-22(25)27/h6-11,13,20H,1-5,12,14,23H2,(H,24,26). The third kappa shape index (κ3) is 3.96. The highest BCUT2D eigenvalue weighted by Crippen LogP contribution is 2.31. The van der Waals surface area contributed by atoms with E-state index in [0.29, 0.717) is 12.2 Å². The summed E-state index contributed by atoms with van der Waals surface area (Å²) in [5.74, 6) is 0.624. The van der Waals surface area contributed by atoms with Crippen LogP contribution in [0.1, 0.15) is 42.9 Å². The number of benzene rings is 2. The van der Waals surface area contributed by atoms with Crippen molar-refractivity contribution >= 4 is 23.2 Å². The van der Waals surface area contributed by atoms with Gasteiger partial charge >= 0.3 is 0 Å². The predicted octanol–water partition coefficient (Wildman–Crippen LogP) is 2.97. The van der Waals surface area contributed by atoms with Gasteiger partial charge in [0.15, 0.2) is 6.61 Å². The summed E-state index contributed by atoms with van der Waals surface area (Å²) in [6.07, 6.45) is 4.44. The molecule has 0 radical (unpaired) electrons. The van der Waals surface area contributed by atoms with Crippen LogP contribution in [0.15, 0.2) is 42.5 Å². The number of hydrogen-bond donors (Lipinski definition) is 2. The Morgan fingerprint density at radius 1 is 1.14 bits per heavy atom. The molecule has 1 aliphatic heterocycles. The lowest BCUT2D eigenvalue weighted by atomic mass is 9.87. The van der Waals surface area contributed by atoms with Crippen molar-refractivity contribution in [3.8, 4) is 5.75 Å².